The second-order valence-corrected chi connectivity index (χ2v) is 8.51. The van der Waals surface area contributed by atoms with Crippen LogP contribution in [0.3, 0.4) is 0 Å². The molecule has 2 amide bonds. The van der Waals surface area contributed by atoms with Gasteiger partial charge in [-0.1, -0.05) is 0 Å². The van der Waals surface area contributed by atoms with Crippen molar-refractivity contribution in [3.8, 4) is 0 Å². The number of hydrogen-bond donors (Lipinski definition) is 3. The molecule has 0 saturated heterocycles. The van der Waals surface area contributed by atoms with Crippen LogP contribution in [-0.4, -0.2) is 108 Å². The first-order valence-corrected chi connectivity index (χ1v) is 11.8. The van der Waals surface area contributed by atoms with Gasteiger partial charge in [0.2, 0.25) is 5.78 Å². The number of aliphatic carboxylic acids is 1. The highest BCUT2D eigenvalue weighted by Gasteiger charge is 2.38. The topological polar surface area (TPSA) is 305 Å². The van der Waals surface area contributed by atoms with E-state index in [1.807, 2.05) is 0 Å². The number of amides is 2. The van der Waals surface area contributed by atoms with Crippen LogP contribution in [0.25, 0.3) is 0 Å². The molecule has 23 heteroatoms. The smallest absolute Gasteiger partial charge is 0.375 e. The Hall–Kier alpha value is -4.70. The molecule has 0 radical (unpaired) electrons. The number of nitrogens with zero attached hydrogens (tertiary/aromatic N) is 3. The van der Waals surface area contributed by atoms with Crippen molar-refractivity contribution in [2.24, 2.45) is 5.41 Å². The van der Waals surface area contributed by atoms with Crippen LogP contribution >= 0.6 is 11.8 Å². The lowest BCUT2D eigenvalue weighted by atomic mass is 9.92. The van der Waals surface area contributed by atoms with Crippen molar-refractivity contribution in [3.05, 3.63) is 30.3 Å². The van der Waals surface area contributed by atoms with Gasteiger partial charge < -0.3 is 39.7 Å². The van der Waals surface area contributed by atoms with Crippen LogP contribution in [0.15, 0.2) is 0 Å². The van der Waals surface area contributed by atoms with E-state index < -0.39 is 88.6 Å². The molecule has 40 heavy (non-hydrogen) atoms. The molecule has 22 nitrogen and oxygen atoms in total. The number of hydrogen-bond acceptors (Lipinski definition) is 17. The van der Waals surface area contributed by atoms with E-state index in [2.05, 4.69) is 29.9 Å². The zero-order valence-electron chi connectivity index (χ0n) is 20.7. The van der Waals surface area contributed by atoms with Crippen LogP contribution in [0.1, 0.15) is 12.8 Å². The second-order valence-electron chi connectivity index (χ2n) is 7.48. The van der Waals surface area contributed by atoms with E-state index in [9.17, 15) is 54.3 Å². The second kappa shape index (κ2) is 18.5. The average molecular weight is 603 g/mol. The normalized spacial score (nSPS) is 11.2. The van der Waals surface area contributed by atoms with E-state index >= 15 is 0 Å². The maximum absolute atomic E-state index is 12.2. The van der Waals surface area contributed by atoms with Gasteiger partial charge in [0.05, 0.1) is 18.3 Å². The SMILES string of the molecule is COC(=O)[C@H](CSCC(=O)C(=O)OCC(CO[N+](=O)[O-])(CO[N+](=O)[O-])CO[N+](=O)[O-])NC(=O)NCCCC(=O)O. The molecule has 0 spiro atoms. The Morgan fingerprint density at radius 3 is 1.90 bits per heavy atom. The standard InChI is InChI=1S/C17H25N5O17S/c1-35-14(26)11(19-16(28)18-4-2-3-13(24)25)5-40-6-12(23)15(27)36-7-17(8-37-20(29)30,9-38-21(31)32)10-39-22(33)34/h11H,2-10H2,1H3,(H,24,25)(H2,18,19,28)/t11-/m0/s1. The Morgan fingerprint density at radius 1 is 0.925 bits per heavy atom. The number of urea groups is 1. The Labute approximate surface area is 227 Å². The van der Waals surface area contributed by atoms with Crippen LogP contribution in [0.4, 0.5) is 4.79 Å². The largest absolute Gasteiger partial charge is 0.481 e. The Bertz CT molecular complexity index is 902. The predicted molar refractivity (Wildman–Crippen MR) is 124 cm³/mol. The number of esters is 2. The zero-order chi connectivity index (χ0) is 30.7. The molecule has 0 fully saturated rings. The van der Waals surface area contributed by atoms with Gasteiger partial charge in [0.1, 0.15) is 32.5 Å². The van der Waals surface area contributed by atoms with Crippen LogP contribution in [-0.2, 0) is 43.2 Å². The first kappa shape index (κ1) is 35.3. The van der Waals surface area contributed by atoms with Gasteiger partial charge in [-0.05, 0) is 6.42 Å². The van der Waals surface area contributed by atoms with Crippen LogP contribution < -0.4 is 10.6 Å². The molecule has 0 unspecified atom stereocenters. The monoisotopic (exact) mass is 603 g/mol. The quantitative estimate of drug-likeness (QED) is 0.0402. The van der Waals surface area contributed by atoms with Gasteiger partial charge in [0.15, 0.2) is 0 Å². The molecule has 3 N–H and O–H groups in total. The molecule has 0 rings (SSSR count). The lowest BCUT2D eigenvalue weighted by molar-refractivity contribution is -0.782. The molecule has 0 aliphatic carbocycles. The molecule has 0 bridgehead atoms. The highest BCUT2D eigenvalue weighted by molar-refractivity contribution is 8.00. The van der Waals surface area contributed by atoms with E-state index in [1.54, 1.807) is 0 Å². The lowest BCUT2D eigenvalue weighted by Gasteiger charge is -2.29. The highest BCUT2D eigenvalue weighted by Crippen LogP contribution is 2.21. The third-order valence-electron chi connectivity index (χ3n) is 4.33. The summed E-state index contributed by atoms with van der Waals surface area (Å²) in [6.07, 6.45) is -0.0864. The summed E-state index contributed by atoms with van der Waals surface area (Å²) in [6, 6.07) is -2.13. The van der Waals surface area contributed by atoms with Gasteiger partial charge in [-0.15, -0.1) is 30.3 Å². The number of carbonyl (C=O) groups is 5. The molecule has 0 aromatic carbocycles. The van der Waals surface area contributed by atoms with E-state index in [-0.39, 0.29) is 25.1 Å². The Balaban J connectivity index is 5.08. The predicted octanol–water partition coefficient (Wildman–Crippen LogP) is -1.85. The van der Waals surface area contributed by atoms with E-state index in [4.69, 9.17) is 9.84 Å². The third-order valence-corrected chi connectivity index (χ3v) is 5.36. The van der Waals surface area contributed by atoms with Gasteiger partial charge in [-0.25, -0.2) is 14.4 Å². The summed E-state index contributed by atoms with van der Waals surface area (Å²) in [7, 11) is 1.02. The van der Waals surface area contributed by atoms with Gasteiger partial charge in [-0.3, -0.25) is 9.59 Å². The van der Waals surface area contributed by atoms with Crippen LogP contribution in [0.2, 0.25) is 0 Å². The number of methoxy groups -OCH3 is 1. The van der Waals surface area contributed by atoms with Crippen molar-refractivity contribution < 1.29 is 68.3 Å². The third kappa shape index (κ3) is 16.2. The number of nitrogens with one attached hydrogen (secondary N) is 2. The van der Waals surface area contributed by atoms with Crippen molar-refractivity contribution >= 4 is 41.5 Å². The Morgan fingerprint density at radius 2 is 1.45 bits per heavy atom. The van der Waals surface area contributed by atoms with Gasteiger partial charge in [-0.2, -0.15) is 11.8 Å². The zero-order valence-corrected chi connectivity index (χ0v) is 21.5. The van der Waals surface area contributed by atoms with Crippen molar-refractivity contribution in [2.45, 2.75) is 18.9 Å². The van der Waals surface area contributed by atoms with Crippen molar-refractivity contribution in [3.63, 3.8) is 0 Å². The summed E-state index contributed by atoms with van der Waals surface area (Å²) in [5.74, 6) is -5.65. The molecule has 226 valence electrons. The maximum Gasteiger partial charge on any atom is 0.375 e. The molecule has 0 aliphatic heterocycles. The maximum atomic E-state index is 12.2. The van der Waals surface area contributed by atoms with Crippen molar-refractivity contribution in [1.82, 2.24) is 10.6 Å². The van der Waals surface area contributed by atoms with E-state index in [0.29, 0.717) is 11.8 Å². The van der Waals surface area contributed by atoms with Crippen molar-refractivity contribution in [2.75, 3.05) is 51.6 Å². The molecule has 0 aliphatic rings. The summed E-state index contributed by atoms with van der Waals surface area (Å²) in [5.41, 5.74) is -2.16. The molecular formula is C17H25N5O17S. The lowest BCUT2D eigenvalue weighted by Crippen LogP contribution is -2.48. The number of carbonyl (C=O) groups excluding carboxylic acids is 4. The summed E-state index contributed by atoms with van der Waals surface area (Å²) in [5, 5.41) is 40.8. The van der Waals surface area contributed by atoms with E-state index in [1.165, 1.54) is 0 Å². The van der Waals surface area contributed by atoms with Gasteiger partial charge in [0, 0.05) is 18.7 Å². The molecule has 0 aromatic rings. The number of Topliss-reactive ketones (excluding diaryl/α,β-unsaturated/α-hetero) is 1. The first-order chi connectivity index (χ1) is 18.7. The fraction of sp³-hybridized carbons (Fsp3) is 0.706. The number of rotatable bonds is 22. The fourth-order valence-electron chi connectivity index (χ4n) is 2.41. The first-order valence-electron chi connectivity index (χ1n) is 10.6. The Kier molecular flexibility index (Phi) is 16.4. The fourth-order valence-corrected chi connectivity index (χ4v) is 3.28. The number of carboxylic acid groups (broad SMARTS) is 1. The van der Waals surface area contributed by atoms with Gasteiger partial charge >= 0.3 is 23.9 Å². The number of carboxylic acids is 1. The minimum atomic E-state index is -2.16. The summed E-state index contributed by atoms with van der Waals surface area (Å²) >= 11 is 0.678. The van der Waals surface area contributed by atoms with Crippen LogP contribution in [0, 0.1) is 35.8 Å². The minimum Gasteiger partial charge on any atom is -0.481 e. The molecule has 0 heterocycles. The molecular weight excluding hydrogens is 578 g/mol. The van der Waals surface area contributed by atoms with Gasteiger partial charge in [0.25, 0.3) is 15.3 Å². The molecule has 0 aromatic heterocycles. The minimum absolute atomic E-state index is 0.0168. The van der Waals surface area contributed by atoms with Crippen LogP contribution in [0.5, 0.6) is 0 Å². The number of ketones is 1. The summed E-state index contributed by atoms with van der Waals surface area (Å²) in [4.78, 5) is 102. The summed E-state index contributed by atoms with van der Waals surface area (Å²) in [6.45, 7) is -4.46. The summed E-state index contributed by atoms with van der Waals surface area (Å²) < 4.78 is 9.25. The number of thioether (sulfide) groups is 1. The molecule has 1 atom stereocenters. The van der Waals surface area contributed by atoms with E-state index in [0.717, 1.165) is 7.11 Å². The molecule has 0 saturated carbocycles. The average Bonchev–Trinajstić information content (AvgIpc) is 2.88. The van der Waals surface area contributed by atoms with Crippen molar-refractivity contribution in [1.29, 1.82) is 0 Å². The highest BCUT2D eigenvalue weighted by atomic mass is 32.2. The number of ether oxygens (including phenoxy) is 2.